The first-order valence-electron chi connectivity index (χ1n) is 3.53. The molecule has 0 amide bonds. The fraction of sp³-hybridized carbons (Fsp3) is 0.833. The second-order valence-electron chi connectivity index (χ2n) is 1.98. The van der Waals surface area contributed by atoms with Crippen LogP contribution in [0.3, 0.4) is 0 Å². The van der Waals surface area contributed by atoms with Crippen molar-refractivity contribution in [2.75, 3.05) is 26.0 Å². The summed E-state index contributed by atoms with van der Waals surface area (Å²) in [5.41, 5.74) is 0. The maximum Gasteiger partial charge on any atom is 0.238 e. The third-order valence-corrected chi connectivity index (χ3v) is 4.37. The van der Waals surface area contributed by atoms with Crippen molar-refractivity contribution in [2.45, 2.75) is 6.42 Å². The molecule has 5 heteroatoms. The van der Waals surface area contributed by atoms with Gasteiger partial charge in [-0.25, -0.2) is 0 Å². The van der Waals surface area contributed by atoms with Gasteiger partial charge >= 0.3 is 0 Å². The first kappa shape index (κ1) is 9.46. The molecule has 0 N–H and O–H groups in total. The smallest absolute Gasteiger partial charge is 0.238 e. The highest BCUT2D eigenvalue weighted by Gasteiger charge is 2.14. The van der Waals surface area contributed by atoms with E-state index in [1.165, 1.54) is 0 Å². The molecule has 1 aliphatic heterocycles. The van der Waals surface area contributed by atoms with Gasteiger partial charge in [0.2, 0.25) is 7.58 Å². The summed E-state index contributed by atoms with van der Waals surface area (Å²) in [6, 6.07) is 0. The van der Waals surface area contributed by atoms with E-state index in [1.54, 1.807) is 24.6 Å². The normalized spacial score (nSPS) is 26.1. The summed E-state index contributed by atoms with van der Waals surface area (Å²) in [5, 5.41) is 0. The second-order valence-corrected chi connectivity index (χ2v) is 5.28. The Bertz CT molecular complexity index is 128. The Kier molecular flexibility index (Phi) is 5.12. The van der Waals surface area contributed by atoms with Gasteiger partial charge in [0.1, 0.15) is 0 Å². The van der Waals surface area contributed by atoms with E-state index < -0.39 is 7.58 Å². The highest BCUT2D eigenvalue weighted by Crippen LogP contribution is 2.54. The van der Waals surface area contributed by atoms with E-state index in [1.807, 2.05) is 0 Å². The molecule has 0 aliphatic carbocycles. The maximum absolute atomic E-state index is 5.38. The van der Waals surface area contributed by atoms with Crippen molar-refractivity contribution in [1.82, 2.24) is 0 Å². The number of aliphatic imine (C=N–C) groups is 1. The molecule has 0 aromatic heterocycles. The van der Waals surface area contributed by atoms with Crippen LogP contribution < -0.4 is 0 Å². The van der Waals surface area contributed by atoms with Crippen molar-refractivity contribution in [2.24, 2.45) is 4.99 Å². The molecule has 0 bridgehead atoms. The molecule has 64 valence electrons. The summed E-state index contributed by atoms with van der Waals surface area (Å²) >= 11 is 1.77. The Labute approximate surface area is 72.2 Å². The summed E-state index contributed by atoms with van der Waals surface area (Å²) in [5.74, 6) is 1.16. The van der Waals surface area contributed by atoms with E-state index in [-0.39, 0.29) is 0 Å². The minimum absolute atomic E-state index is 0.579. The van der Waals surface area contributed by atoms with Crippen LogP contribution in [0.2, 0.25) is 0 Å². The van der Waals surface area contributed by atoms with Gasteiger partial charge in [-0.2, -0.15) is 0 Å². The third kappa shape index (κ3) is 4.06. The van der Waals surface area contributed by atoms with Crippen LogP contribution in [0, 0.1) is 0 Å². The van der Waals surface area contributed by atoms with Crippen LogP contribution in [-0.4, -0.2) is 32.2 Å². The van der Waals surface area contributed by atoms with Crippen molar-refractivity contribution in [1.29, 1.82) is 0 Å². The summed E-state index contributed by atoms with van der Waals surface area (Å²) in [7, 11) is 1.08. The van der Waals surface area contributed by atoms with Crippen molar-refractivity contribution >= 4 is 25.2 Å². The van der Waals surface area contributed by atoms with Gasteiger partial charge in [-0.1, -0.05) is 11.4 Å². The molecule has 1 atom stereocenters. The van der Waals surface area contributed by atoms with E-state index in [2.05, 4.69) is 4.99 Å². The Morgan fingerprint density at radius 2 is 2.73 bits per heavy atom. The topological polar surface area (TPSA) is 30.8 Å². The third-order valence-electron chi connectivity index (χ3n) is 1.12. The van der Waals surface area contributed by atoms with Crippen LogP contribution in [0.15, 0.2) is 4.99 Å². The summed E-state index contributed by atoms with van der Waals surface area (Å²) in [6.45, 7) is 1.43. The number of hydrogen-bond acceptors (Lipinski definition) is 4. The van der Waals surface area contributed by atoms with Crippen LogP contribution >= 0.6 is 19.0 Å². The lowest BCUT2D eigenvalue weighted by atomic mass is 10.5. The molecule has 0 radical (unpaired) electrons. The average molecular weight is 193 g/mol. The fourth-order valence-electron chi connectivity index (χ4n) is 0.618. The lowest BCUT2D eigenvalue weighted by Gasteiger charge is -2.19. The van der Waals surface area contributed by atoms with Crippen LogP contribution in [0.5, 0.6) is 0 Å². The standard InChI is InChI=1S/C6H12NO2PS/c1-7-3-5-9-10-8-4-2-6-11-10/h3H,2,4-6H2,1H3/b7-3+. The van der Waals surface area contributed by atoms with Gasteiger partial charge in [-0.05, 0) is 6.42 Å². The second kappa shape index (κ2) is 5.95. The lowest BCUT2D eigenvalue weighted by Crippen LogP contribution is -2.00. The van der Waals surface area contributed by atoms with Crippen molar-refractivity contribution < 1.29 is 9.05 Å². The summed E-state index contributed by atoms with van der Waals surface area (Å²) in [4.78, 5) is 3.82. The molecule has 11 heavy (non-hydrogen) atoms. The largest absolute Gasteiger partial charge is 0.326 e. The van der Waals surface area contributed by atoms with Gasteiger partial charge in [-0.3, -0.25) is 4.99 Å². The molecule has 0 saturated carbocycles. The van der Waals surface area contributed by atoms with Gasteiger partial charge < -0.3 is 9.05 Å². The van der Waals surface area contributed by atoms with Gasteiger partial charge in [0.15, 0.2) is 0 Å². The summed E-state index contributed by atoms with van der Waals surface area (Å²) < 4.78 is 10.7. The van der Waals surface area contributed by atoms with Gasteiger partial charge in [-0.15, -0.1) is 0 Å². The lowest BCUT2D eigenvalue weighted by molar-refractivity contribution is 0.283. The molecular weight excluding hydrogens is 181 g/mol. The zero-order valence-electron chi connectivity index (χ0n) is 6.52. The summed E-state index contributed by atoms with van der Waals surface area (Å²) in [6.07, 6.45) is 2.90. The van der Waals surface area contributed by atoms with Gasteiger partial charge in [0, 0.05) is 19.0 Å². The highest BCUT2D eigenvalue weighted by molar-refractivity contribution is 8.52. The van der Waals surface area contributed by atoms with Crippen LogP contribution in [0.1, 0.15) is 6.42 Å². The molecule has 1 heterocycles. The first-order chi connectivity index (χ1) is 5.43. The molecule has 0 aromatic rings. The molecule has 1 fully saturated rings. The predicted molar refractivity (Wildman–Crippen MR) is 50.3 cm³/mol. The van der Waals surface area contributed by atoms with Crippen molar-refractivity contribution in [3.63, 3.8) is 0 Å². The Morgan fingerprint density at radius 1 is 1.82 bits per heavy atom. The predicted octanol–water partition coefficient (Wildman–Crippen LogP) is 2.08. The number of hydrogen-bond donors (Lipinski definition) is 0. The monoisotopic (exact) mass is 193 g/mol. The van der Waals surface area contributed by atoms with Crippen LogP contribution in [0.25, 0.3) is 0 Å². The fourth-order valence-corrected chi connectivity index (χ4v) is 3.39. The molecule has 1 saturated heterocycles. The molecule has 1 unspecified atom stereocenters. The zero-order chi connectivity index (χ0) is 7.94. The van der Waals surface area contributed by atoms with E-state index >= 15 is 0 Å². The van der Waals surface area contributed by atoms with E-state index in [4.69, 9.17) is 9.05 Å². The minimum atomic E-state index is -0.658. The van der Waals surface area contributed by atoms with Gasteiger partial charge in [0.05, 0.1) is 13.2 Å². The number of nitrogens with zero attached hydrogens (tertiary/aromatic N) is 1. The van der Waals surface area contributed by atoms with Crippen molar-refractivity contribution in [3.8, 4) is 0 Å². The van der Waals surface area contributed by atoms with Crippen LogP contribution in [0.4, 0.5) is 0 Å². The molecule has 0 spiro atoms. The van der Waals surface area contributed by atoms with E-state index in [9.17, 15) is 0 Å². The highest BCUT2D eigenvalue weighted by atomic mass is 32.7. The average Bonchev–Trinajstić information content (AvgIpc) is 2.07. The molecule has 0 aromatic carbocycles. The molecule has 3 nitrogen and oxygen atoms in total. The Hall–Kier alpha value is 0.370. The van der Waals surface area contributed by atoms with Crippen LogP contribution in [-0.2, 0) is 9.05 Å². The van der Waals surface area contributed by atoms with Gasteiger partial charge in [0.25, 0.3) is 0 Å². The number of rotatable bonds is 3. The van der Waals surface area contributed by atoms with Crippen molar-refractivity contribution in [3.05, 3.63) is 0 Å². The Balaban J connectivity index is 2.04. The minimum Gasteiger partial charge on any atom is -0.326 e. The molecular formula is C6H12NO2PS. The SMILES string of the molecule is C/N=C/COP1OCCCS1. The van der Waals surface area contributed by atoms with E-state index in [0.717, 1.165) is 18.8 Å². The Morgan fingerprint density at radius 3 is 3.36 bits per heavy atom. The molecule has 1 aliphatic rings. The zero-order valence-corrected chi connectivity index (χ0v) is 8.24. The maximum atomic E-state index is 5.38. The van der Waals surface area contributed by atoms with E-state index in [0.29, 0.717) is 6.61 Å². The quantitative estimate of drug-likeness (QED) is 0.508. The molecule has 1 rings (SSSR count). The first-order valence-corrected chi connectivity index (χ1v) is 6.30.